The number of likely N-dealkylation sites (tertiary alicyclic amines) is 1. The first kappa shape index (κ1) is 22.6. The zero-order valence-electron chi connectivity index (χ0n) is 19.5. The summed E-state index contributed by atoms with van der Waals surface area (Å²) in [6.45, 7) is 8.59. The highest BCUT2D eigenvalue weighted by Gasteiger charge is 2.32. The van der Waals surface area contributed by atoms with Crippen molar-refractivity contribution in [3.8, 4) is 0 Å². The van der Waals surface area contributed by atoms with E-state index in [1.165, 1.54) is 0 Å². The highest BCUT2D eigenvalue weighted by atomic mass is 16.6. The molecule has 7 nitrogen and oxygen atoms in total. The number of aromatic nitrogens is 1. The van der Waals surface area contributed by atoms with Crippen LogP contribution in [-0.4, -0.2) is 58.3 Å². The van der Waals surface area contributed by atoms with Crippen molar-refractivity contribution in [2.45, 2.75) is 57.8 Å². The van der Waals surface area contributed by atoms with Crippen LogP contribution in [0.1, 0.15) is 50.3 Å². The fourth-order valence-electron chi connectivity index (χ4n) is 4.28. The van der Waals surface area contributed by atoms with Crippen LogP contribution in [0, 0.1) is 0 Å². The van der Waals surface area contributed by atoms with Crippen LogP contribution in [0.2, 0.25) is 0 Å². The molecule has 0 unspecified atom stereocenters. The third-order valence-corrected chi connectivity index (χ3v) is 6.26. The van der Waals surface area contributed by atoms with Crippen LogP contribution >= 0.6 is 0 Å². The summed E-state index contributed by atoms with van der Waals surface area (Å²) < 4.78 is 5.53. The number of nitrogens with one attached hydrogen (secondary N) is 1. The first-order valence-electron chi connectivity index (χ1n) is 11.4. The Balaban J connectivity index is 1.43. The van der Waals surface area contributed by atoms with Gasteiger partial charge in [-0.2, -0.15) is 0 Å². The van der Waals surface area contributed by atoms with Crippen LogP contribution in [0.4, 0.5) is 16.3 Å². The number of amides is 1. The first-order valence-corrected chi connectivity index (χ1v) is 11.4. The van der Waals surface area contributed by atoms with Crippen molar-refractivity contribution in [1.82, 2.24) is 14.8 Å². The number of carbonyl (C=O) groups excluding carboxylic acids is 1. The predicted octanol–water partition coefficient (Wildman–Crippen LogP) is 4.03. The SMILES string of the molecule is CN1CCC(O)(c2ccc(Nc3cc4c(cn3)CCN(C(=O)OC(C)(C)C)C4)cc2)CC1. The van der Waals surface area contributed by atoms with Gasteiger partial charge in [-0.25, -0.2) is 9.78 Å². The van der Waals surface area contributed by atoms with E-state index in [1.807, 2.05) is 57.3 Å². The number of anilines is 2. The molecule has 1 saturated heterocycles. The number of carbonyl (C=O) groups is 1. The van der Waals surface area contributed by atoms with Gasteiger partial charge in [0.15, 0.2) is 0 Å². The molecule has 2 N–H and O–H groups in total. The van der Waals surface area contributed by atoms with Gasteiger partial charge in [-0.3, -0.25) is 0 Å². The molecule has 32 heavy (non-hydrogen) atoms. The van der Waals surface area contributed by atoms with Crippen LogP contribution in [0.25, 0.3) is 0 Å². The molecule has 4 rings (SSSR count). The minimum atomic E-state index is -0.750. The Morgan fingerprint density at radius 1 is 1.12 bits per heavy atom. The molecule has 0 aliphatic carbocycles. The lowest BCUT2D eigenvalue weighted by molar-refractivity contribution is -0.0203. The quantitative estimate of drug-likeness (QED) is 0.753. The van der Waals surface area contributed by atoms with Gasteiger partial charge in [-0.15, -0.1) is 0 Å². The van der Waals surface area contributed by atoms with E-state index in [1.54, 1.807) is 4.90 Å². The number of rotatable bonds is 3. The number of pyridine rings is 1. The van der Waals surface area contributed by atoms with E-state index in [9.17, 15) is 9.90 Å². The predicted molar refractivity (Wildman–Crippen MR) is 125 cm³/mol. The molecule has 1 fully saturated rings. The zero-order valence-corrected chi connectivity index (χ0v) is 19.5. The second-order valence-electron chi connectivity index (χ2n) is 10.0. The van der Waals surface area contributed by atoms with Gasteiger partial charge in [0.1, 0.15) is 11.4 Å². The average molecular weight is 439 g/mol. The number of hydrogen-bond acceptors (Lipinski definition) is 6. The molecule has 172 valence electrons. The van der Waals surface area contributed by atoms with Crippen molar-refractivity contribution in [3.63, 3.8) is 0 Å². The lowest BCUT2D eigenvalue weighted by atomic mass is 9.84. The number of benzene rings is 1. The van der Waals surface area contributed by atoms with Gasteiger partial charge in [0.25, 0.3) is 0 Å². The second-order valence-corrected chi connectivity index (χ2v) is 10.0. The van der Waals surface area contributed by atoms with Gasteiger partial charge in [-0.1, -0.05) is 12.1 Å². The molecule has 2 aliphatic heterocycles. The lowest BCUT2D eigenvalue weighted by Gasteiger charge is -2.37. The van der Waals surface area contributed by atoms with Gasteiger partial charge < -0.3 is 25.0 Å². The molecule has 0 radical (unpaired) electrons. The van der Waals surface area contributed by atoms with E-state index in [0.29, 0.717) is 13.1 Å². The summed E-state index contributed by atoms with van der Waals surface area (Å²) in [6, 6.07) is 9.97. The number of fused-ring (bicyclic) bond motifs is 1. The summed E-state index contributed by atoms with van der Waals surface area (Å²) in [5.74, 6) is 0.737. The lowest BCUT2D eigenvalue weighted by Crippen LogP contribution is -2.40. The minimum Gasteiger partial charge on any atom is -0.444 e. The number of hydrogen-bond donors (Lipinski definition) is 2. The fraction of sp³-hybridized carbons (Fsp3) is 0.520. The van der Waals surface area contributed by atoms with Crippen molar-refractivity contribution in [1.29, 1.82) is 0 Å². The summed E-state index contributed by atoms with van der Waals surface area (Å²) in [6.07, 6.45) is 3.87. The number of aliphatic hydroxyl groups is 1. The Bertz CT molecular complexity index is 960. The molecule has 0 saturated carbocycles. The summed E-state index contributed by atoms with van der Waals surface area (Å²) >= 11 is 0. The maximum absolute atomic E-state index is 12.5. The van der Waals surface area contributed by atoms with Crippen molar-refractivity contribution in [3.05, 3.63) is 53.2 Å². The van der Waals surface area contributed by atoms with E-state index in [4.69, 9.17) is 4.74 Å². The van der Waals surface area contributed by atoms with Crippen LogP contribution < -0.4 is 5.32 Å². The van der Waals surface area contributed by atoms with Crippen LogP contribution in [0.3, 0.4) is 0 Å². The Morgan fingerprint density at radius 3 is 2.47 bits per heavy atom. The van der Waals surface area contributed by atoms with Crippen LogP contribution in [0.15, 0.2) is 36.5 Å². The van der Waals surface area contributed by atoms with Gasteiger partial charge >= 0.3 is 6.09 Å². The molecule has 1 aromatic carbocycles. The van der Waals surface area contributed by atoms with Crippen LogP contribution in [-0.2, 0) is 23.3 Å². The van der Waals surface area contributed by atoms with Gasteiger partial charge in [0.05, 0.1) is 5.60 Å². The van der Waals surface area contributed by atoms with Gasteiger partial charge in [-0.05, 0) is 82.0 Å². The fourth-order valence-corrected chi connectivity index (χ4v) is 4.28. The molecule has 2 aliphatic rings. The smallest absolute Gasteiger partial charge is 0.410 e. The Kier molecular flexibility index (Phi) is 6.14. The maximum atomic E-state index is 12.5. The number of nitrogens with zero attached hydrogens (tertiary/aromatic N) is 3. The third-order valence-electron chi connectivity index (χ3n) is 6.26. The molecule has 3 heterocycles. The first-order chi connectivity index (χ1) is 15.1. The van der Waals surface area contributed by atoms with Crippen molar-refractivity contribution in [2.24, 2.45) is 0 Å². The molecule has 1 aromatic heterocycles. The highest BCUT2D eigenvalue weighted by molar-refractivity contribution is 5.69. The average Bonchev–Trinajstić information content (AvgIpc) is 2.75. The minimum absolute atomic E-state index is 0.281. The highest BCUT2D eigenvalue weighted by Crippen LogP contribution is 2.33. The van der Waals surface area contributed by atoms with E-state index in [2.05, 4.69) is 22.2 Å². The van der Waals surface area contributed by atoms with E-state index < -0.39 is 11.2 Å². The molecule has 2 aromatic rings. The molecule has 1 amide bonds. The summed E-state index contributed by atoms with van der Waals surface area (Å²) in [5.41, 5.74) is 2.86. The largest absolute Gasteiger partial charge is 0.444 e. The molecular formula is C25H34N4O3. The van der Waals surface area contributed by atoms with Crippen molar-refractivity contribution >= 4 is 17.6 Å². The zero-order chi connectivity index (χ0) is 22.9. The van der Waals surface area contributed by atoms with E-state index >= 15 is 0 Å². The van der Waals surface area contributed by atoms with Crippen molar-refractivity contribution in [2.75, 3.05) is 32.0 Å². The Hall–Kier alpha value is -2.64. The van der Waals surface area contributed by atoms with Gasteiger partial charge in [0, 0.05) is 38.1 Å². The standard InChI is InChI=1S/C25H34N4O3/c1-24(2,3)32-23(30)29-12-9-18-16-26-22(15-19(18)17-29)27-21-7-5-20(6-8-21)25(31)10-13-28(4)14-11-25/h5-8,15-16,31H,9-14,17H2,1-4H3,(H,26,27). The maximum Gasteiger partial charge on any atom is 0.410 e. The number of piperidine rings is 1. The van der Waals surface area contributed by atoms with E-state index in [-0.39, 0.29) is 6.09 Å². The monoisotopic (exact) mass is 438 g/mol. The summed E-state index contributed by atoms with van der Waals surface area (Å²) in [7, 11) is 2.09. The third kappa shape index (κ3) is 5.22. The molecule has 0 atom stereocenters. The molecule has 0 spiro atoms. The second kappa shape index (κ2) is 8.71. The summed E-state index contributed by atoms with van der Waals surface area (Å²) in [4.78, 5) is 21.0. The molecule has 0 bridgehead atoms. The number of ether oxygens (including phenoxy) is 1. The van der Waals surface area contributed by atoms with Crippen molar-refractivity contribution < 1.29 is 14.6 Å². The topological polar surface area (TPSA) is 77.9 Å². The van der Waals surface area contributed by atoms with Gasteiger partial charge in [0.2, 0.25) is 0 Å². The van der Waals surface area contributed by atoms with E-state index in [0.717, 1.165) is 60.5 Å². The molecule has 7 heteroatoms. The molecular weight excluding hydrogens is 404 g/mol. The Morgan fingerprint density at radius 2 is 1.81 bits per heavy atom. The van der Waals surface area contributed by atoms with Crippen LogP contribution in [0.5, 0.6) is 0 Å². The summed E-state index contributed by atoms with van der Waals surface area (Å²) in [5, 5.41) is 14.4. The Labute approximate surface area is 190 Å². The normalized spacial score (nSPS) is 18.7.